The molecule has 1 heterocycles. The zero-order valence-electron chi connectivity index (χ0n) is 11.4. The predicted octanol–water partition coefficient (Wildman–Crippen LogP) is 1.06. The highest BCUT2D eigenvalue weighted by Gasteiger charge is 2.14. The number of aliphatic carboxylic acids is 1. The Morgan fingerprint density at radius 1 is 1.37 bits per heavy atom. The third-order valence-corrected chi connectivity index (χ3v) is 2.64. The first-order valence-electron chi connectivity index (χ1n) is 6.18. The summed E-state index contributed by atoms with van der Waals surface area (Å²) in [5, 5.41) is 12.3. The van der Waals surface area contributed by atoms with Crippen LogP contribution < -0.4 is 0 Å². The number of nitrogens with zero attached hydrogens (tertiary/aromatic N) is 3. The van der Waals surface area contributed by atoms with Crippen molar-refractivity contribution in [2.75, 3.05) is 13.6 Å². The molecule has 0 saturated heterocycles. The van der Waals surface area contributed by atoms with Crippen molar-refractivity contribution in [2.24, 2.45) is 0 Å². The number of amides is 1. The number of carboxylic acid groups (broad SMARTS) is 1. The van der Waals surface area contributed by atoms with E-state index in [1.807, 2.05) is 13.8 Å². The molecule has 0 aliphatic carbocycles. The Bertz CT molecular complexity index is 442. The standard InChI is InChI=1S/C12H19N3O4/c1-8(2)12-13-9(19-14-12)4-5-10(16)15(3)7-6-11(17)18/h8H,4-7H2,1-3H3,(H,17,18). The van der Waals surface area contributed by atoms with Gasteiger partial charge in [0.1, 0.15) is 0 Å². The minimum atomic E-state index is -0.918. The number of aromatic nitrogens is 2. The molecule has 1 amide bonds. The fourth-order valence-corrected chi connectivity index (χ4v) is 1.40. The van der Waals surface area contributed by atoms with Crippen LogP contribution in [0.15, 0.2) is 4.52 Å². The van der Waals surface area contributed by atoms with E-state index < -0.39 is 5.97 Å². The number of carbonyl (C=O) groups excluding carboxylic acids is 1. The molecule has 106 valence electrons. The summed E-state index contributed by atoms with van der Waals surface area (Å²) in [5.74, 6) is 0.195. The fraction of sp³-hybridized carbons (Fsp3) is 0.667. The topological polar surface area (TPSA) is 96.5 Å². The third kappa shape index (κ3) is 5.07. The Balaban J connectivity index is 2.38. The Hall–Kier alpha value is -1.92. The van der Waals surface area contributed by atoms with Gasteiger partial charge in [-0.05, 0) is 0 Å². The van der Waals surface area contributed by atoms with Crippen molar-refractivity contribution in [3.05, 3.63) is 11.7 Å². The summed E-state index contributed by atoms with van der Waals surface area (Å²) in [4.78, 5) is 27.7. The molecule has 7 heteroatoms. The van der Waals surface area contributed by atoms with E-state index in [0.717, 1.165) is 0 Å². The first-order valence-corrected chi connectivity index (χ1v) is 6.18. The van der Waals surface area contributed by atoms with E-state index in [2.05, 4.69) is 10.1 Å². The van der Waals surface area contributed by atoms with Gasteiger partial charge in [0.2, 0.25) is 11.8 Å². The minimum absolute atomic E-state index is 0.0553. The van der Waals surface area contributed by atoms with Crippen molar-refractivity contribution >= 4 is 11.9 Å². The molecule has 19 heavy (non-hydrogen) atoms. The molecule has 0 aromatic carbocycles. The maximum Gasteiger partial charge on any atom is 0.305 e. The monoisotopic (exact) mass is 269 g/mol. The van der Waals surface area contributed by atoms with E-state index in [1.54, 1.807) is 7.05 Å². The lowest BCUT2D eigenvalue weighted by molar-refractivity contribution is -0.138. The van der Waals surface area contributed by atoms with E-state index in [4.69, 9.17) is 9.63 Å². The smallest absolute Gasteiger partial charge is 0.305 e. The van der Waals surface area contributed by atoms with Crippen molar-refractivity contribution < 1.29 is 19.2 Å². The number of rotatable bonds is 7. The molecular formula is C12H19N3O4. The summed E-state index contributed by atoms with van der Waals surface area (Å²) >= 11 is 0. The first kappa shape index (κ1) is 15.1. The van der Waals surface area contributed by atoms with E-state index in [-0.39, 0.29) is 31.2 Å². The van der Waals surface area contributed by atoms with Crippen LogP contribution in [-0.4, -0.2) is 45.6 Å². The molecule has 0 radical (unpaired) electrons. The summed E-state index contributed by atoms with van der Waals surface area (Å²) in [5.41, 5.74) is 0. The quantitative estimate of drug-likeness (QED) is 0.795. The van der Waals surface area contributed by atoms with Crippen LogP contribution in [0.2, 0.25) is 0 Å². The van der Waals surface area contributed by atoms with Crippen molar-refractivity contribution in [3.8, 4) is 0 Å². The van der Waals surface area contributed by atoms with Crippen LogP contribution in [0, 0.1) is 0 Å². The van der Waals surface area contributed by atoms with Crippen LogP contribution in [0.25, 0.3) is 0 Å². The van der Waals surface area contributed by atoms with Gasteiger partial charge >= 0.3 is 5.97 Å². The highest BCUT2D eigenvalue weighted by molar-refractivity contribution is 5.76. The molecule has 0 bridgehead atoms. The zero-order valence-corrected chi connectivity index (χ0v) is 11.4. The number of hydrogen-bond donors (Lipinski definition) is 1. The van der Waals surface area contributed by atoms with Gasteiger partial charge in [-0.15, -0.1) is 0 Å². The average Bonchev–Trinajstić information content (AvgIpc) is 2.81. The maximum atomic E-state index is 11.7. The zero-order chi connectivity index (χ0) is 14.4. The predicted molar refractivity (Wildman–Crippen MR) is 66.6 cm³/mol. The molecule has 0 spiro atoms. The summed E-state index contributed by atoms with van der Waals surface area (Å²) in [6, 6.07) is 0. The third-order valence-electron chi connectivity index (χ3n) is 2.64. The number of carboxylic acids is 1. The highest BCUT2D eigenvalue weighted by Crippen LogP contribution is 2.11. The molecule has 7 nitrogen and oxygen atoms in total. The minimum Gasteiger partial charge on any atom is -0.481 e. The molecule has 0 atom stereocenters. The van der Waals surface area contributed by atoms with Crippen LogP contribution in [0.1, 0.15) is 44.3 Å². The van der Waals surface area contributed by atoms with Gasteiger partial charge in [-0.25, -0.2) is 0 Å². The summed E-state index contributed by atoms with van der Waals surface area (Å²) < 4.78 is 5.03. The van der Waals surface area contributed by atoms with Gasteiger partial charge in [0, 0.05) is 32.4 Å². The molecule has 0 fully saturated rings. The average molecular weight is 269 g/mol. The lowest BCUT2D eigenvalue weighted by atomic mass is 10.2. The second-order valence-electron chi connectivity index (χ2n) is 4.66. The Kier molecular flexibility index (Phi) is 5.47. The molecular weight excluding hydrogens is 250 g/mol. The van der Waals surface area contributed by atoms with Crippen LogP contribution in [0.3, 0.4) is 0 Å². The largest absolute Gasteiger partial charge is 0.481 e. The molecule has 0 aliphatic heterocycles. The maximum absolute atomic E-state index is 11.7. The van der Waals surface area contributed by atoms with Crippen molar-refractivity contribution in [3.63, 3.8) is 0 Å². The Labute approximate surface area is 111 Å². The molecule has 1 aromatic heterocycles. The summed E-state index contributed by atoms with van der Waals surface area (Å²) in [6.45, 7) is 4.12. The molecule has 0 saturated carbocycles. The van der Waals surface area contributed by atoms with Gasteiger partial charge in [-0.1, -0.05) is 19.0 Å². The summed E-state index contributed by atoms with van der Waals surface area (Å²) in [6.07, 6.45) is 0.548. The van der Waals surface area contributed by atoms with Gasteiger partial charge in [0.15, 0.2) is 5.82 Å². The molecule has 1 aromatic rings. The van der Waals surface area contributed by atoms with E-state index in [1.165, 1.54) is 4.90 Å². The van der Waals surface area contributed by atoms with E-state index in [0.29, 0.717) is 18.1 Å². The Morgan fingerprint density at radius 2 is 2.05 bits per heavy atom. The lowest BCUT2D eigenvalue weighted by Crippen LogP contribution is -2.29. The molecule has 1 N–H and O–H groups in total. The van der Waals surface area contributed by atoms with Crippen LogP contribution in [0.4, 0.5) is 0 Å². The number of carbonyl (C=O) groups is 2. The van der Waals surface area contributed by atoms with Crippen LogP contribution >= 0.6 is 0 Å². The van der Waals surface area contributed by atoms with Gasteiger partial charge in [-0.3, -0.25) is 9.59 Å². The van der Waals surface area contributed by atoms with Crippen LogP contribution in [-0.2, 0) is 16.0 Å². The number of aryl methyl sites for hydroxylation is 1. The fourth-order valence-electron chi connectivity index (χ4n) is 1.40. The summed E-state index contributed by atoms with van der Waals surface area (Å²) in [7, 11) is 1.58. The van der Waals surface area contributed by atoms with Gasteiger partial charge < -0.3 is 14.5 Å². The molecule has 0 aliphatic rings. The van der Waals surface area contributed by atoms with Crippen molar-refractivity contribution in [2.45, 2.75) is 39.0 Å². The normalized spacial score (nSPS) is 10.7. The van der Waals surface area contributed by atoms with Crippen molar-refractivity contribution in [1.29, 1.82) is 0 Å². The van der Waals surface area contributed by atoms with Gasteiger partial charge in [0.25, 0.3) is 0 Å². The first-order chi connectivity index (χ1) is 8.90. The number of hydrogen-bond acceptors (Lipinski definition) is 5. The van der Waals surface area contributed by atoms with Crippen molar-refractivity contribution in [1.82, 2.24) is 15.0 Å². The molecule has 0 unspecified atom stereocenters. The second-order valence-corrected chi connectivity index (χ2v) is 4.66. The van der Waals surface area contributed by atoms with E-state index in [9.17, 15) is 9.59 Å². The Morgan fingerprint density at radius 3 is 2.58 bits per heavy atom. The molecule has 1 rings (SSSR count). The van der Waals surface area contributed by atoms with E-state index >= 15 is 0 Å². The van der Waals surface area contributed by atoms with Crippen LogP contribution in [0.5, 0.6) is 0 Å². The highest BCUT2D eigenvalue weighted by atomic mass is 16.5. The SMILES string of the molecule is CC(C)c1noc(CCC(=O)N(C)CCC(=O)O)n1. The second kappa shape index (κ2) is 6.86. The van der Waals surface area contributed by atoms with Gasteiger partial charge in [0.05, 0.1) is 6.42 Å². The lowest BCUT2D eigenvalue weighted by Gasteiger charge is -2.15. The van der Waals surface area contributed by atoms with Gasteiger partial charge in [-0.2, -0.15) is 4.98 Å².